The van der Waals surface area contributed by atoms with Crippen molar-refractivity contribution in [1.82, 2.24) is 15.1 Å². The first-order valence-corrected chi connectivity index (χ1v) is 8.76. The normalized spacial score (nSPS) is 22.7. The summed E-state index contributed by atoms with van der Waals surface area (Å²) in [5.74, 6) is -0.299. The van der Waals surface area contributed by atoms with Crippen molar-refractivity contribution in [3.05, 3.63) is 35.4 Å². The van der Waals surface area contributed by atoms with Crippen LogP contribution in [-0.2, 0) is 4.79 Å². The molecule has 1 aliphatic carbocycles. The highest BCUT2D eigenvalue weighted by atomic mass is 127. The number of aliphatic imine (C=N–C) groups is 1. The summed E-state index contributed by atoms with van der Waals surface area (Å²) in [6.07, 6.45) is 0.688. The van der Waals surface area contributed by atoms with Gasteiger partial charge in [0.15, 0.2) is 5.96 Å². The van der Waals surface area contributed by atoms with Crippen molar-refractivity contribution in [3.8, 4) is 0 Å². The van der Waals surface area contributed by atoms with Gasteiger partial charge in [0, 0.05) is 57.2 Å². The molecule has 2 fully saturated rings. The summed E-state index contributed by atoms with van der Waals surface area (Å²) in [6, 6.07) is 3.98. The molecule has 1 amide bonds. The summed E-state index contributed by atoms with van der Waals surface area (Å²) in [5.41, 5.74) is 0.164. The number of piperazine rings is 1. The number of halogens is 3. The van der Waals surface area contributed by atoms with Crippen LogP contribution in [0.1, 0.15) is 31.7 Å². The number of amides is 1. The van der Waals surface area contributed by atoms with Crippen LogP contribution in [0, 0.1) is 11.6 Å². The van der Waals surface area contributed by atoms with Crippen molar-refractivity contribution in [3.63, 3.8) is 0 Å². The maximum atomic E-state index is 13.9. The molecule has 1 aromatic carbocycles. The number of carbonyl (C=O) groups is 1. The molecular weight excluding hydrogens is 453 g/mol. The molecule has 1 saturated carbocycles. The average molecular weight is 478 g/mol. The van der Waals surface area contributed by atoms with E-state index >= 15 is 0 Å². The van der Waals surface area contributed by atoms with E-state index in [4.69, 9.17) is 0 Å². The molecule has 3 rings (SSSR count). The van der Waals surface area contributed by atoms with E-state index in [0.29, 0.717) is 39.1 Å². The molecule has 1 N–H and O–H groups in total. The Labute approximate surface area is 169 Å². The van der Waals surface area contributed by atoms with E-state index in [1.165, 1.54) is 18.2 Å². The second kappa shape index (κ2) is 8.96. The highest BCUT2D eigenvalue weighted by Crippen LogP contribution is 2.43. The Balaban J connectivity index is 0.00000243. The molecule has 2 unspecified atom stereocenters. The van der Waals surface area contributed by atoms with Gasteiger partial charge in [0.25, 0.3) is 0 Å². The monoisotopic (exact) mass is 478 g/mol. The van der Waals surface area contributed by atoms with Crippen LogP contribution in [0.3, 0.4) is 0 Å². The van der Waals surface area contributed by atoms with Gasteiger partial charge < -0.3 is 15.1 Å². The van der Waals surface area contributed by atoms with Gasteiger partial charge in [0.2, 0.25) is 5.91 Å². The molecule has 0 bridgehead atoms. The van der Waals surface area contributed by atoms with E-state index in [9.17, 15) is 13.6 Å². The van der Waals surface area contributed by atoms with Crippen LogP contribution in [0.25, 0.3) is 0 Å². The smallest absolute Gasteiger partial charge is 0.219 e. The maximum Gasteiger partial charge on any atom is 0.219 e. The summed E-state index contributed by atoms with van der Waals surface area (Å²) in [5, 5.41) is 3.35. The molecule has 1 aliphatic heterocycles. The summed E-state index contributed by atoms with van der Waals surface area (Å²) in [6.45, 7) is 6.89. The highest BCUT2D eigenvalue weighted by Gasteiger charge is 2.43. The Morgan fingerprint density at radius 3 is 2.31 bits per heavy atom. The van der Waals surface area contributed by atoms with Crippen molar-refractivity contribution in [1.29, 1.82) is 0 Å². The zero-order valence-corrected chi connectivity index (χ0v) is 17.4. The number of hydrogen-bond acceptors (Lipinski definition) is 2. The fraction of sp³-hybridized carbons (Fsp3) is 0.556. The lowest BCUT2D eigenvalue weighted by Gasteiger charge is -2.36. The van der Waals surface area contributed by atoms with Crippen LogP contribution >= 0.6 is 24.0 Å². The van der Waals surface area contributed by atoms with Gasteiger partial charge >= 0.3 is 0 Å². The number of nitrogens with one attached hydrogen (secondary N) is 1. The fourth-order valence-corrected chi connectivity index (χ4v) is 3.32. The summed E-state index contributed by atoms with van der Waals surface area (Å²) in [4.78, 5) is 19.9. The quantitative estimate of drug-likeness (QED) is 0.413. The molecule has 2 aliphatic rings. The third-order valence-electron chi connectivity index (χ3n) is 4.81. The number of guanidine groups is 1. The number of hydrogen-bond donors (Lipinski definition) is 1. The topological polar surface area (TPSA) is 47.9 Å². The van der Waals surface area contributed by atoms with Crippen molar-refractivity contribution < 1.29 is 13.6 Å². The van der Waals surface area contributed by atoms with Crippen LogP contribution in [0.2, 0.25) is 0 Å². The first-order chi connectivity index (χ1) is 12.0. The predicted octanol–water partition coefficient (Wildman–Crippen LogP) is 2.57. The lowest BCUT2D eigenvalue weighted by Crippen LogP contribution is -2.53. The van der Waals surface area contributed by atoms with Gasteiger partial charge in [-0.25, -0.2) is 8.78 Å². The second-order valence-corrected chi connectivity index (χ2v) is 6.52. The number of benzene rings is 1. The molecule has 2 atom stereocenters. The summed E-state index contributed by atoms with van der Waals surface area (Å²) < 4.78 is 27.9. The third kappa shape index (κ3) is 4.63. The van der Waals surface area contributed by atoms with E-state index in [0.717, 1.165) is 5.96 Å². The van der Waals surface area contributed by atoms with Crippen LogP contribution < -0.4 is 5.32 Å². The molecule has 8 heteroatoms. The summed E-state index contributed by atoms with van der Waals surface area (Å²) >= 11 is 0. The number of nitrogens with zero attached hydrogens (tertiary/aromatic N) is 3. The fourth-order valence-electron chi connectivity index (χ4n) is 3.32. The molecule has 1 heterocycles. The van der Waals surface area contributed by atoms with E-state index in [1.807, 2.05) is 11.8 Å². The number of carbonyl (C=O) groups excluding carboxylic acids is 1. The molecule has 5 nitrogen and oxygen atoms in total. The minimum absolute atomic E-state index is 0. The van der Waals surface area contributed by atoms with Crippen molar-refractivity contribution >= 4 is 35.8 Å². The van der Waals surface area contributed by atoms with E-state index in [2.05, 4.69) is 15.2 Å². The van der Waals surface area contributed by atoms with E-state index < -0.39 is 11.6 Å². The molecule has 0 aromatic heterocycles. The van der Waals surface area contributed by atoms with Gasteiger partial charge in [-0.15, -0.1) is 24.0 Å². The van der Waals surface area contributed by atoms with E-state index in [-0.39, 0.29) is 47.4 Å². The first-order valence-electron chi connectivity index (χ1n) is 8.76. The van der Waals surface area contributed by atoms with Gasteiger partial charge in [-0.3, -0.25) is 9.79 Å². The van der Waals surface area contributed by atoms with Gasteiger partial charge in [0.1, 0.15) is 11.6 Å². The maximum absolute atomic E-state index is 13.9. The van der Waals surface area contributed by atoms with Crippen molar-refractivity contribution in [2.75, 3.05) is 32.7 Å². The Kier molecular flexibility index (Phi) is 7.19. The zero-order valence-electron chi connectivity index (χ0n) is 15.0. The number of rotatable bonds is 3. The van der Waals surface area contributed by atoms with Crippen LogP contribution in [0.5, 0.6) is 0 Å². The predicted molar refractivity (Wildman–Crippen MR) is 108 cm³/mol. The SMILES string of the molecule is CCN=C(NC1CC1c1c(F)cccc1F)N1CCN(C(C)=O)CC1.I. The Hall–Kier alpha value is -1.45. The van der Waals surface area contributed by atoms with Crippen LogP contribution in [-0.4, -0.2) is 60.4 Å². The van der Waals surface area contributed by atoms with Gasteiger partial charge in [-0.2, -0.15) is 0 Å². The lowest BCUT2D eigenvalue weighted by molar-refractivity contribution is -0.130. The molecule has 26 heavy (non-hydrogen) atoms. The summed E-state index contributed by atoms with van der Waals surface area (Å²) in [7, 11) is 0. The Bertz CT molecular complexity index is 657. The Morgan fingerprint density at radius 2 is 1.77 bits per heavy atom. The van der Waals surface area contributed by atoms with Crippen LogP contribution in [0.15, 0.2) is 23.2 Å². The highest BCUT2D eigenvalue weighted by molar-refractivity contribution is 14.0. The average Bonchev–Trinajstić information content (AvgIpc) is 3.33. The molecule has 0 radical (unpaired) electrons. The molecule has 1 saturated heterocycles. The molecule has 0 spiro atoms. The van der Waals surface area contributed by atoms with E-state index in [1.54, 1.807) is 6.92 Å². The Morgan fingerprint density at radius 1 is 1.19 bits per heavy atom. The zero-order chi connectivity index (χ0) is 18.0. The second-order valence-electron chi connectivity index (χ2n) is 6.52. The van der Waals surface area contributed by atoms with Crippen molar-refractivity contribution in [2.24, 2.45) is 4.99 Å². The van der Waals surface area contributed by atoms with Gasteiger partial charge in [-0.1, -0.05) is 6.07 Å². The third-order valence-corrected chi connectivity index (χ3v) is 4.81. The van der Waals surface area contributed by atoms with Gasteiger partial charge in [-0.05, 0) is 25.5 Å². The minimum Gasteiger partial charge on any atom is -0.353 e. The molecular formula is C18H25F2IN4O. The standard InChI is InChI=1S/C18H24F2N4O.HI/c1-3-21-18(24-9-7-23(8-10-24)12(2)25)22-16-11-13(16)17-14(19)5-4-6-15(17)20;/h4-6,13,16H,3,7-11H2,1-2H3,(H,21,22);1H. The largest absolute Gasteiger partial charge is 0.353 e. The van der Waals surface area contributed by atoms with Crippen molar-refractivity contribution in [2.45, 2.75) is 32.2 Å². The lowest BCUT2D eigenvalue weighted by atomic mass is 10.1. The minimum atomic E-state index is -0.488. The molecule has 144 valence electrons. The first kappa shape index (κ1) is 20.9. The molecule has 1 aromatic rings. The van der Waals surface area contributed by atoms with Crippen LogP contribution in [0.4, 0.5) is 8.78 Å². The van der Waals surface area contributed by atoms with Gasteiger partial charge in [0.05, 0.1) is 0 Å².